The van der Waals surface area contributed by atoms with Crippen molar-refractivity contribution < 1.29 is 0 Å². The van der Waals surface area contributed by atoms with Gasteiger partial charge in [-0.15, -0.1) is 11.3 Å². The van der Waals surface area contributed by atoms with Crippen LogP contribution < -0.4 is 5.84 Å². The summed E-state index contributed by atoms with van der Waals surface area (Å²) in [5, 5.41) is 3.54. The van der Waals surface area contributed by atoms with Crippen molar-refractivity contribution >= 4 is 28.6 Å². The predicted octanol–water partition coefficient (Wildman–Crippen LogP) is 2.08. The minimum Gasteiger partial charge on any atom is -0.323 e. The fourth-order valence-corrected chi connectivity index (χ4v) is 1.57. The predicted molar refractivity (Wildman–Crippen MR) is 45.7 cm³/mol. The van der Waals surface area contributed by atoms with Crippen LogP contribution in [0, 0.1) is 0 Å². The van der Waals surface area contributed by atoms with Crippen LogP contribution in [-0.2, 0) is 0 Å². The summed E-state index contributed by atoms with van der Waals surface area (Å²) in [6.07, 6.45) is 0. The molecule has 0 spiro atoms. The largest absolute Gasteiger partial charge is 0.323 e. The maximum atomic E-state index is 5.68. The van der Waals surface area contributed by atoms with Crippen molar-refractivity contribution in [2.75, 3.05) is 0 Å². The first-order valence-electron chi connectivity index (χ1n) is 2.74. The molecule has 0 aliphatic rings. The normalized spacial score (nSPS) is 12.0. The van der Waals surface area contributed by atoms with E-state index in [2.05, 4.69) is 5.10 Å². The van der Waals surface area contributed by atoms with Crippen molar-refractivity contribution in [2.24, 2.45) is 10.9 Å². The number of rotatable bonds is 1. The lowest BCUT2D eigenvalue weighted by molar-refractivity contribution is 1.24. The number of nitrogens with two attached hydrogens (primary N) is 1. The molecule has 1 aromatic rings. The van der Waals surface area contributed by atoms with Crippen LogP contribution in [0.25, 0.3) is 0 Å². The van der Waals surface area contributed by atoms with Gasteiger partial charge in [0.15, 0.2) is 0 Å². The van der Waals surface area contributed by atoms with E-state index in [4.69, 9.17) is 17.4 Å². The Labute approximate surface area is 68.3 Å². The van der Waals surface area contributed by atoms with Crippen LogP contribution in [0.3, 0.4) is 0 Å². The highest BCUT2D eigenvalue weighted by Crippen LogP contribution is 2.21. The summed E-state index contributed by atoms with van der Waals surface area (Å²) in [6, 6.07) is 3.73. The molecule has 1 aromatic heterocycles. The summed E-state index contributed by atoms with van der Waals surface area (Å²) >= 11 is 7.16. The fourth-order valence-electron chi connectivity index (χ4n) is 0.572. The van der Waals surface area contributed by atoms with Gasteiger partial charge in [0.05, 0.1) is 14.9 Å². The van der Waals surface area contributed by atoms with Crippen molar-refractivity contribution in [3.8, 4) is 0 Å². The van der Waals surface area contributed by atoms with Gasteiger partial charge < -0.3 is 5.84 Å². The van der Waals surface area contributed by atoms with Crippen LogP contribution in [0.4, 0.5) is 0 Å². The summed E-state index contributed by atoms with van der Waals surface area (Å²) in [5.41, 5.74) is 0.817. The first-order chi connectivity index (χ1) is 4.74. The van der Waals surface area contributed by atoms with E-state index < -0.39 is 0 Å². The molecule has 2 nitrogen and oxygen atoms in total. The maximum Gasteiger partial charge on any atom is 0.0935 e. The summed E-state index contributed by atoms with van der Waals surface area (Å²) in [5.74, 6) is 5.06. The van der Waals surface area contributed by atoms with Gasteiger partial charge in [0, 0.05) is 0 Å². The van der Waals surface area contributed by atoms with E-state index in [0.717, 1.165) is 14.9 Å². The van der Waals surface area contributed by atoms with Gasteiger partial charge in [0.2, 0.25) is 0 Å². The van der Waals surface area contributed by atoms with Gasteiger partial charge >= 0.3 is 0 Å². The molecule has 4 heteroatoms. The summed E-state index contributed by atoms with van der Waals surface area (Å²) < 4.78 is 0.762. The summed E-state index contributed by atoms with van der Waals surface area (Å²) in [4.78, 5) is 1.02. The third-order valence-corrected chi connectivity index (χ3v) is 2.46. The Morgan fingerprint density at radius 1 is 1.70 bits per heavy atom. The Balaban J connectivity index is 2.95. The number of thiophene rings is 1. The highest BCUT2D eigenvalue weighted by molar-refractivity contribution is 7.18. The Hall–Kier alpha value is -0.540. The van der Waals surface area contributed by atoms with Crippen LogP contribution in [0.1, 0.15) is 11.8 Å². The van der Waals surface area contributed by atoms with Crippen molar-refractivity contribution in [1.82, 2.24) is 0 Å². The molecule has 0 fully saturated rings. The molecule has 0 radical (unpaired) electrons. The lowest BCUT2D eigenvalue weighted by atomic mass is 10.3. The molecule has 0 saturated carbocycles. The van der Waals surface area contributed by atoms with Crippen molar-refractivity contribution in [3.05, 3.63) is 21.3 Å². The molecule has 1 heterocycles. The smallest absolute Gasteiger partial charge is 0.0935 e. The number of hydrazone groups is 1. The number of hydrogen-bond acceptors (Lipinski definition) is 3. The third kappa shape index (κ3) is 1.49. The Kier molecular flexibility index (Phi) is 2.29. The highest BCUT2D eigenvalue weighted by atomic mass is 35.5. The van der Waals surface area contributed by atoms with Gasteiger partial charge in [-0.05, 0) is 19.1 Å². The molecular weight excluding hydrogens is 168 g/mol. The van der Waals surface area contributed by atoms with Crippen molar-refractivity contribution in [1.29, 1.82) is 0 Å². The Morgan fingerprint density at radius 2 is 2.40 bits per heavy atom. The van der Waals surface area contributed by atoms with Gasteiger partial charge in [0.1, 0.15) is 0 Å². The van der Waals surface area contributed by atoms with Gasteiger partial charge in [-0.1, -0.05) is 11.6 Å². The Morgan fingerprint density at radius 3 is 2.80 bits per heavy atom. The molecule has 2 N–H and O–H groups in total. The molecule has 0 atom stereocenters. The van der Waals surface area contributed by atoms with E-state index in [0.29, 0.717) is 0 Å². The van der Waals surface area contributed by atoms with Crippen LogP contribution in [0.5, 0.6) is 0 Å². The molecule has 0 bridgehead atoms. The fraction of sp³-hybridized carbons (Fsp3) is 0.167. The number of hydrogen-bond donors (Lipinski definition) is 1. The van der Waals surface area contributed by atoms with Gasteiger partial charge in [-0.3, -0.25) is 0 Å². The zero-order valence-electron chi connectivity index (χ0n) is 5.47. The Bertz CT molecular complexity index is 254. The van der Waals surface area contributed by atoms with Gasteiger partial charge in [0.25, 0.3) is 0 Å². The van der Waals surface area contributed by atoms with Crippen molar-refractivity contribution in [2.45, 2.75) is 6.92 Å². The second kappa shape index (κ2) is 3.03. The zero-order chi connectivity index (χ0) is 7.56. The lowest BCUT2D eigenvalue weighted by Crippen LogP contribution is -1.94. The van der Waals surface area contributed by atoms with E-state index >= 15 is 0 Å². The molecule has 0 saturated heterocycles. The molecule has 1 rings (SSSR count). The second-order valence-corrected chi connectivity index (χ2v) is 3.53. The van der Waals surface area contributed by atoms with Gasteiger partial charge in [-0.25, -0.2) is 0 Å². The summed E-state index contributed by atoms with van der Waals surface area (Å²) in [7, 11) is 0. The standard InChI is InChI=1S/C6H7ClN2S/c1-4(9-8)5-2-3-6(7)10-5/h2-3H,8H2,1H3/b9-4+. The van der Waals surface area contributed by atoms with Crippen LogP contribution in [-0.4, -0.2) is 5.71 Å². The maximum absolute atomic E-state index is 5.68. The van der Waals surface area contributed by atoms with Gasteiger partial charge in [-0.2, -0.15) is 5.10 Å². The third-order valence-electron chi connectivity index (χ3n) is 1.12. The highest BCUT2D eigenvalue weighted by Gasteiger charge is 1.99. The average Bonchev–Trinajstić information content (AvgIpc) is 2.34. The average molecular weight is 175 g/mol. The first kappa shape index (κ1) is 7.57. The van der Waals surface area contributed by atoms with Crippen LogP contribution in [0.15, 0.2) is 17.2 Å². The molecule has 10 heavy (non-hydrogen) atoms. The molecule has 0 aliphatic carbocycles. The summed E-state index contributed by atoms with van der Waals surface area (Å²) in [6.45, 7) is 1.85. The van der Waals surface area contributed by atoms with Crippen LogP contribution >= 0.6 is 22.9 Å². The molecular formula is C6H7ClN2S. The van der Waals surface area contributed by atoms with E-state index in [9.17, 15) is 0 Å². The molecule has 0 unspecified atom stereocenters. The monoisotopic (exact) mass is 174 g/mol. The quantitative estimate of drug-likeness (QED) is 0.395. The van der Waals surface area contributed by atoms with E-state index in [1.807, 2.05) is 19.1 Å². The molecule has 0 aromatic carbocycles. The SMILES string of the molecule is C/C(=N\N)c1ccc(Cl)s1. The van der Waals surface area contributed by atoms with Crippen LogP contribution in [0.2, 0.25) is 4.34 Å². The van der Waals surface area contributed by atoms with E-state index in [-0.39, 0.29) is 0 Å². The zero-order valence-corrected chi connectivity index (χ0v) is 7.04. The number of nitrogens with zero attached hydrogens (tertiary/aromatic N) is 1. The first-order valence-corrected chi connectivity index (χ1v) is 3.93. The number of halogens is 1. The molecule has 0 aliphatic heterocycles. The van der Waals surface area contributed by atoms with E-state index in [1.165, 1.54) is 11.3 Å². The van der Waals surface area contributed by atoms with Crippen molar-refractivity contribution in [3.63, 3.8) is 0 Å². The topological polar surface area (TPSA) is 38.4 Å². The second-order valence-electron chi connectivity index (χ2n) is 1.82. The minimum atomic E-state index is 0.762. The minimum absolute atomic E-state index is 0.762. The lowest BCUT2D eigenvalue weighted by Gasteiger charge is -1.88. The van der Waals surface area contributed by atoms with E-state index in [1.54, 1.807) is 0 Å². The molecule has 0 amide bonds. The molecule has 54 valence electrons.